The average molecular weight is 653 g/mol. The Labute approximate surface area is 247 Å². The fourth-order valence-electron chi connectivity index (χ4n) is 4.86. The maximum absolute atomic E-state index is 14.7. The van der Waals surface area contributed by atoms with Crippen LogP contribution in [-0.2, 0) is 4.74 Å². The van der Waals surface area contributed by atoms with Gasteiger partial charge in [0.15, 0.2) is 0 Å². The second-order valence-corrected chi connectivity index (χ2v) is 12.4. The Morgan fingerprint density at radius 1 is 1.21 bits per heavy atom. The zero-order valence-electron chi connectivity index (χ0n) is 23.1. The number of piperidine rings is 1. The van der Waals surface area contributed by atoms with Crippen molar-refractivity contribution in [2.75, 3.05) is 57.6 Å². The number of anilines is 2. The van der Waals surface area contributed by atoms with E-state index in [0.29, 0.717) is 54.4 Å². The SMILES string of the molecule is COc1cc(C(=O)NC2COC2)ccc1NCC#Cc1cc2c(NC3CCN(C)CC3F)cccn2c1[Se]C(F)(F)F. The summed E-state index contributed by atoms with van der Waals surface area (Å²) >= 11 is -1.85. The molecule has 2 aliphatic rings. The molecule has 0 aliphatic carbocycles. The molecule has 0 spiro atoms. The van der Waals surface area contributed by atoms with Crippen molar-refractivity contribution in [1.82, 2.24) is 14.6 Å². The van der Waals surface area contributed by atoms with Crippen LogP contribution in [0.4, 0.5) is 28.9 Å². The molecular formula is C29H31F4N5O3Se. The van der Waals surface area contributed by atoms with E-state index < -0.39 is 32.2 Å². The van der Waals surface area contributed by atoms with Crippen molar-refractivity contribution in [1.29, 1.82) is 0 Å². The summed E-state index contributed by atoms with van der Waals surface area (Å²) in [5, 5.41) is 4.81. The molecule has 0 saturated carbocycles. The van der Waals surface area contributed by atoms with Gasteiger partial charge in [-0.05, 0) is 0 Å². The van der Waals surface area contributed by atoms with E-state index in [4.69, 9.17) is 9.47 Å². The second kappa shape index (κ2) is 12.8. The van der Waals surface area contributed by atoms with Crippen molar-refractivity contribution in [2.24, 2.45) is 0 Å². The summed E-state index contributed by atoms with van der Waals surface area (Å²) in [4.78, 5) is 14.4. The zero-order valence-corrected chi connectivity index (χ0v) is 24.8. The fourth-order valence-corrected chi connectivity index (χ4v) is 6.32. The maximum atomic E-state index is 14.7. The first-order valence-corrected chi connectivity index (χ1v) is 15.1. The summed E-state index contributed by atoms with van der Waals surface area (Å²) < 4.78 is 67.6. The van der Waals surface area contributed by atoms with Gasteiger partial charge in [-0.15, -0.1) is 0 Å². The third kappa shape index (κ3) is 7.13. The Morgan fingerprint density at radius 2 is 2.02 bits per heavy atom. The number of halogens is 4. The molecule has 3 aromatic rings. The van der Waals surface area contributed by atoms with Gasteiger partial charge in [0, 0.05) is 0 Å². The molecule has 8 nitrogen and oxygen atoms in total. The molecule has 2 fully saturated rings. The number of aromatic nitrogens is 1. The van der Waals surface area contributed by atoms with Crippen molar-refractivity contribution < 1.29 is 31.8 Å². The number of hydrogen-bond acceptors (Lipinski definition) is 6. The zero-order chi connectivity index (χ0) is 29.9. The third-order valence-corrected chi connectivity index (χ3v) is 8.85. The molecule has 2 saturated heterocycles. The number of nitrogens with one attached hydrogen (secondary N) is 3. The molecule has 42 heavy (non-hydrogen) atoms. The van der Waals surface area contributed by atoms with E-state index in [1.807, 2.05) is 11.9 Å². The predicted molar refractivity (Wildman–Crippen MR) is 154 cm³/mol. The summed E-state index contributed by atoms with van der Waals surface area (Å²) in [5.41, 5.74) is 2.37. The molecule has 5 rings (SSSR count). The summed E-state index contributed by atoms with van der Waals surface area (Å²) in [6.45, 7) is 2.11. The van der Waals surface area contributed by atoms with Crippen LogP contribution in [0.5, 0.6) is 5.75 Å². The molecule has 0 bridgehead atoms. The first-order valence-electron chi connectivity index (χ1n) is 13.4. The number of nitrogens with zero attached hydrogens (tertiary/aromatic N) is 2. The molecule has 2 atom stereocenters. The molecule has 13 heteroatoms. The quantitative estimate of drug-likeness (QED) is 0.198. The van der Waals surface area contributed by atoms with Crippen molar-refractivity contribution in [2.45, 2.75) is 29.8 Å². The van der Waals surface area contributed by atoms with Gasteiger partial charge in [-0.3, -0.25) is 0 Å². The van der Waals surface area contributed by atoms with E-state index in [2.05, 4.69) is 27.8 Å². The molecule has 2 aromatic heterocycles. The number of methoxy groups -OCH3 is 1. The number of carbonyl (C=O) groups excluding carboxylic acids is 1. The van der Waals surface area contributed by atoms with E-state index in [1.54, 1.807) is 42.6 Å². The monoisotopic (exact) mass is 653 g/mol. The summed E-state index contributed by atoms with van der Waals surface area (Å²) in [6.07, 6.45) is 1.07. The van der Waals surface area contributed by atoms with Crippen molar-refractivity contribution in [3.8, 4) is 17.6 Å². The molecule has 1 amide bonds. The number of alkyl halides is 4. The number of amides is 1. The number of ether oxygens (including phenoxy) is 2. The number of hydrogen-bond donors (Lipinski definition) is 3. The van der Waals surface area contributed by atoms with Crippen LogP contribution in [0.1, 0.15) is 22.3 Å². The number of likely N-dealkylation sites (tertiary alicyclic amines) is 1. The first kappa shape index (κ1) is 30.0. The van der Waals surface area contributed by atoms with Gasteiger partial charge in [-0.1, -0.05) is 0 Å². The van der Waals surface area contributed by atoms with E-state index in [1.165, 1.54) is 11.5 Å². The Balaban J connectivity index is 1.34. The standard InChI is InChI=1S/C29H31F4N5O3Se/c1-37-12-9-22(21(30)15-37)36-23-6-4-11-38-25(23)13-19(28(38)42-29(31,32)33)5-3-10-34-24-8-7-18(14-26(24)40-2)27(39)35-20-16-41-17-20/h4,6-8,11,13-14,20-22,34,36H,9-10,12,15-17H2,1-2H3,(H,35,39). The molecule has 1 aromatic carbocycles. The molecule has 2 aliphatic heterocycles. The van der Waals surface area contributed by atoms with Crippen LogP contribution >= 0.6 is 0 Å². The Bertz CT molecular complexity index is 1500. The topological polar surface area (TPSA) is 79.3 Å². The Morgan fingerprint density at radius 3 is 2.71 bits per heavy atom. The molecule has 0 radical (unpaired) electrons. The van der Waals surface area contributed by atoms with Gasteiger partial charge in [0.25, 0.3) is 0 Å². The Hall–Kier alpha value is -3.43. The normalized spacial score (nSPS) is 19.5. The number of fused-ring (bicyclic) bond motifs is 1. The summed E-state index contributed by atoms with van der Waals surface area (Å²) in [5.74, 6) is 6.01. The number of benzene rings is 1. The van der Waals surface area contributed by atoms with Crippen molar-refractivity contribution in [3.05, 3.63) is 53.7 Å². The van der Waals surface area contributed by atoms with Crippen LogP contribution in [0.15, 0.2) is 42.6 Å². The van der Waals surface area contributed by atoms with E-state index in [-0.39, 0.29) is 28.6 Å². The van der Waals surface area contributed by atoms with Crippen LogP contribution in [-0.4, -0.2) is 101 Å². The van der Waals surface area contributed by atoms with Crippen LogP contribution in [0.2, 0.25) is 0 Å². The third-order valence-electron chi connectivity index (χ3n) is 7.09. The molecule has 3 N–H and O–H groups in total. The number of pyridine rings is 1. The molecule has 224 valence electrons. The van der Waals surface area contributed by atoms with Crippen LogP contribution < -0.4 is 25.3 Å². The minimum atomic E-state index is -4.38. The fraction of sp³-hybridized carbons (Fsp3) is 0.414. The number of carbonyl (C=O) groups is 1. The second-order valence-electron chi connectivity index (χ2n) is 10.2. The van der Waals surface area contributed by atoms with Gasteiger partial charge < -0.3 is 4.74 Å². The van der Waals surface area contributed by atoms with Gasteiger partial charge >= 0.3 is 224 Å². The van der Waals surface area contributed by atoms with Crippen LogP contribution in [0.25, 0.3) is 5.52 Å². The van der Waals surface area contributed by atoms with E-state index >= 15 is 0 Å². The van der Waals surface area contributed by atoms with Crippen LogP contribution in [0, 0.1) is 11.8 Å². The van der Waals surface area contributed by atoms with Gasteiger partial charge in [0.1, 0.15) is 0 Å². The van der Waals surface area contributed by atoms with Crippen LogP contribution in [0.3, 0.4) is 0 Å². The predicted octanol–water partition coefficient (Wildman–Crippen LogP) is 2.84. The van der Waals surface area contributed by atoms with Gasteiger partial charge in [-0.25, -0.2) is 0 Å². The van der Waals surface area contributed by atoms with Gasteiger partial charge in [0.05, 0.1) is 19.3 Å². The van der Waals surface area contributed by atoms with E-state index in [9.17, 15) is 22.4 Å². The molecule has 4 heterocycles. The minimum absolute atomic E-state index is 0.00654. The molecular weight excluding hydrogens is 621 g/mol. The van der Waals surface area contributed by atoms with Gasteiger partial charge in [0.2, 0.25) is 0 Å². The average Bonchev–Trinajstić information content (AvgIpc) is 3.26. The van der Waals surface area contributed by atoms with Gasteiger partial charge in [-0.2, -0.15) is 0 Å². The summed E-state index contributed by atoms with van der Waals surface area (Å²) in [6, 6.07) is 9.54. The molecule has 2 unspecified atom stereocenters. The summed E-state index contributed by atoms with van der Waals surface area (Å²) in [7, 11) is 3.34. The Kier molecular flexibility index (Phi) is 9.18. The number of rotatable bonds is 8. The first-order chi connectivity index (χ1) is 20.1. The van der Waals surface area contributed by atoms with Crippen molar-refractivity contribution in [3.63, 3.8) is 0 Å². The van der Waals surface area contributed by atoms with E-state index in [0.717, 1.165) is 6.54 Å². The van der Waals surface area contributed by atoms with Crippen molar-refractivity contribution >= 4 is 42.3 Å².